The van der Waals surface area contributed by atoms with E-state index in [1.165, 1.54) is 0 Å². The number of rotatable bonds is 9. The quantitative estimate of drug-likeness (QED) is 0.427. The highest BCUT2D eigenvalue weighted by atomic mass is 16.7. The highest BCUT2D eigenvalue weighted by molar-refractivity contribution is 5.79. The Kier molecular flexibility index (Phi) is 9.07. The van der Waals surface area contributed by atoms with Gasteiger partial charge in [-0.05, 0) is 63.3 Å². The Morgan fingerprint density at radius 2 is 1.62 bits per heavy atom. The molecule has 0 saturated heterocycles. The zero-order chi connectivity index (χ0) is 23.6. The Hall–Kier alpha value is -3.55. The summed E-state index contributed by atoms with van der Waals surface area (Å²) < 4.78 is 15.3. The lowest BCUT2D eigenvalue weighted by Crippen LogP contribution is -2.41. The highest BCUT2D eigenvalue weighted by Crippen LogP contribution is 2.17. The van der Waals surface area contributed by atoms with Crippen molar-refractivity contribution in [2.45, 2.75) is 58.3 Å². The monoisotopic (exact) mass is 443 g/mol. The van der Waals surface area contributed by atoms with Gasteiger partial charge in [0.15, 0.2) is 0 Å². The summed E-state index contributed by atoms with van der Waals surface area (Å²) in [4.78, 5) is 35.1. The number of aliphatic carboxylic acids is 1. The number of aryl methyl sites for hydroxylation is 1. The van der Waals surface area contributed by atoms with Crippen LogP contribution in [-0.2, 0) is 27.3 Å². The van der Waals surface area contributed by atoms with Gasteiger partial charge in [-0.15, -0.1) is 0 Å². The lowest BCUT2D eigenvalue weighted by Gasteiger charge is -2.18. The topological polar surface area (TPSA) is 111 Å². The van der Waals surface area contributed by atoms with Crippen LogP contribution in [0, 0.1) is 0 Å². The second kappa shape index (κ2) is 11.7. The Morgan fingerprint density at radius 3 is 2.22 bits per heavy atom. The first-order valence-corrected chi connectivity index (χ1v) is 10.3. The van der Waals surface area contributed by atoms with Crippen molar-refractivity contribution in [1.29, 1.82) is 0 Å². The highest BCUT2D eigenvalue weighted by Gasteiger charge is 2.20. The summed E-state index contributed by atoms with van der Waals surface area (Å²) in [6.45, 7) is 5.31. The molecule has 0 aromatic heterocycles. The number of benzene rings is 2. The maximum Gasteiger partial charge on any atom is 0.514 e. The molecule has 0 saturated carbocycles. The number of amides is 1. The number of carbonyl (C=O) groups is 3. The van der Waals surface area contributed by atoms with Gasteiger partial charge in [-0.3, -0.25) is 0 Å². The van der Waals surface area contributed by atoms with Crippen molar-refractivity contribution in [3.63, 3.8) is 0 Å². The minimum Gasteiger partial charge on any atom is -0.480 e. The average molecular weight is 443 g/mol. The van der Waals surface area contributed by atoms with E-state index in [1.807, 2.05) is 30.3 Å². The molecule has 0 heterocycles. The van der Waals surface area contributed by atoms with Gasteiger partial charge in [0.1, 0.15) is 24.0 Å². The van der Waals surface area contributed by atoms with Crippen LogP contribution in [0.4, 0.5) is 9.59 Å². The van der Waals surface area contributed by atoms with E-state index < -0.39 is 29.9 Å². The van der Waals surface area contributed by atoms with E-state index in [1.54, 1.807) is 45.0 Å². The van der Waals surface area contributed by atoms with E-state index in [0.29, 0.717) is 18.6 Å². The Balaban J connectivity index is 1.76. The molecule has 2 aromatic carbocycles. The van der Waals surface area contributed by atoms with Gasteiger partial charge in [0.05, 0.1) is 0 Å². The zero-order valence-electron chi connectivity index (χ0n) is 18.5. The summed E-state index contributed by atoms with van der Waals surface area (Å²) in [5, 5.41) is 11.8. The number of ether oxygens (including phenoxy) is 3. The predicted molar refractivity (Wildman–Crippen MR) is 117 cm³/mol. The van der Waals surface area contributed by atoms with E-state index >= 15 is 0 Å². The van der Waals surface area contributed by atoms with Crippen LogP contribution in [0.2, 0.25) is 0 Å². The predicted octanol–water partition coefficient (Wildman–Crippen LogP) is 4.70. The number of carboxylic acids is 1. The Labute approximate surface area is 187 Å². The van der Waals surface area contributed by atoms with Crippen LogP contribution in [0.1, 0.15) is 44.7 Å². The molecule has 8 heteroatoms. The largest absolute Gasteiger partial charge is 0.514 e. The fourth-order valence-corrected chi connectivity index (χ4v) is 2.77. The number of hydrogen-bond acceptors (Lipinski definition) is 6. The summed E-state index contributed by atoms with van der Waals surface area (Å²) in [6, 6.07) is 14.9. The van der Waals surface area contributed by atoms with Crippen molar-refractivity contribution in [3.05, 3.63) is 65.7 Å². The molecule has 2 rings (SSSR count). The molecule has 1 unspecified atom stereocenters. The summed E-state index contributed by atoms with van der Waals surface area (Å²) in [6.07, 6.45) is -0.185. The Morgan fingerprint density at radius 1 is 0.969 bits per heavy atom. The lowest BCUT2D eigenvalue weighted by molar-refractivity contribution is -0.139. The summed E-state index contributed by atoms with van der Waals surface area (Å²) in [7, 11) is 0. The van der Waals surface area contributed by atoms with Gasteiger partial charge in [0.2, 0.25) is 0 Å². The average Bonchev–Trinajstić information content (AvgIpc) is 2.72. The van der Waals surface area contributed by atoms with Crippen LogP contribution in [0.5, 0.6) is 5.75 Å². The van der Waals surface area contributed by atoms with Crippen LogP contribution >= 0.6 is 0 Å². The van der Waals surface area contributed by atoms with Crippen LogP contribution in [0.15, 0.2) is 54.6 Å². The molecule has 8 nitrogen and oxygen atoms in total. The molecular formula is C24H29NO7. The van der Waals surface area contributed by atoms with Crippen molar-refractivity contribution < 1.29 is 33.7 Å². The molecule has 0 aliphatic rings. The van der Waals surface area contributed by atoms with E-state index in [0.717, 1.165) is 11.1 Å². The maximum absolute atomic E-state index is 11.9. The van der Waals surface area contributed by atoms with E-state index in [9.17, 15) is 19.5 Å². The van der Waals surface area contributed by atoms with Crippen molar-refractivity contribution in [1.82, 2.24) is 5.32 Å². The van der Waals surface area contributed by atoms with Crippen molar-refractivity contribution >= 4 is 18.2 Å². The standard InChI is InChI=1S/C24H29NO7/c1-24(2,3)32-23(29)31-19-14-12-17(13-15-19)10-7-11-20(21(26)27)25-22(28)30-16-18-8-5-4-6-9-18/h4-6,8-9,12-15,20H,7,10-11,16H2,1-3H3,(H,25,28)(H,26,27). The number of alkyl carbamates (subject to hydrolysis) is 1. The molecule has 0 spiro atoms. The molecule has 172 valence electrons. The van der Waals surface area contributed by atoms with Crippen LogP contribution in [0.25, 0.3) is 0 Å². The van der Waals surface area contributed by atoms with E-state index in [2.05, 4.69) is 5.32 Å². The molecule has 0 aliphatic heterocycles. The molecule has 2 aromatic rings. The van der Waals surface area contributed by atoms with Gasteiger partial charge in [-0.25, -0.2) is 14.4 Å². The summed E-state index contributed by atoms with van der Waals surface area (Å²) in [5.74, 6) is -0.767. The molecule has 2 N–H and O–H groups in total. The first-order chi connectivity index (χ1) is 15.1. The first-order valence-electron chi connectivity index (χ1n) is 10.3. The number of nitrogens with one attached hydrogen (secondary N) is 1. The second-order valence-electron chi connectivity index (χ2n) is 8.20. The molecule has 32 heavy (non-hydrogen) atoms. The van der Waals surface area contributed by atoms with Gasteiger partial charge in [0.25, 0.3) is 0 Å². The zero-order valence-corrected chi connectivity index (χ0v) is 18.5. The van der Waals surface area contributed by atoms with Gasteiger partial charge < -0.3 is 24.6 Å². The fourth-order valence-electron chi connectivity index (χ4n) is 2.77. The van der Waals surface area contributed by atoms with E-state index in [4.69, 9.17) is 14.2 Å². The van der Waals surface area contributed by atoms with Crippen molar-refractivity contribution in [3.8, 4) is 5.75 Å². The third-order valence-electron chi connectivity index (χ3n) is 4.28. The van der Waals surface area contributed by atoms with Crippen LogP contribution in [-0.4, -0.2) is 35.0 Å². The SMILES string of the molecule is CC(C)(C)OC(=O)Oc1ccc(CCCC(NC(=O)OCc2ccccc2)C(=O)O)cc1. The van der Waals surface area contributed by atoms with Gasteiger partial charge in [0, 0.05) is 0 Å². The summed E-state index contributed by atoms with van der Waals surface area (Å²) in [5.41, 5.74) is 1.12. The number of hydrogen-bond donors (Lipinski definition) is 2. The van der Waals surface area contributed by atoms with Crippen LogP contribution < -0.4 is 10.1 Å². The number of carbonyl (C=O) groups excluding carboxylic acids is 2. The first kappa shape index (κ1) is 24.7. The van der Waals surface area contributed by atoms with E-state index in [-0.39, 0.29) is 13.0 Å². The number of carboxylic acid groups (broad SMARTS) is 1. The summed E-state index contributed by atoms with van der Waals surface area (Å²) >= 11 is 0. The molecule has 0 aliphatic carbocycles. The Bertz CT molecular complexity index is 889. The molecule has 0 bridgehead atoms. The third kappa shape index (κ3) is 9.51. The minimum atomic E-state index is -1.12. The maximum atomic E-state index is 11.9. The van der Waals surface area contributed by atoms with Crippen molar-refractivity contribution in [2.75, 3.05) is 0 Å². The van der Waals surface area contributed by atoms with Crippen molar-refractivity contribution in [2.24, 2.45) is 0 Å². The minimum absolute atomic E-state index is 0.0662. The lowest BCUT2D eigenvalue weighted by atomic mass is 10.0. The second-order valence-corrected chi connectivity index (χ2v) is 8.20. The van der Waals surface area contributed by atoms with Crippen LogP contribution in [0.3, 0.4) is 0 Å². The molecule has 0 radical (unpaired) electrons. The smallest absolute Gasteiger partial charge is 0.480 e. The molecule has 1 amide bonds. The fraction of sp³-hybridized carbons (Fsp3) is 0.375. The van der Waals surface area contributed by atoms with Gasteiger partial charge >= 0.3 is 18.2 Å². The normalized spacial score (nSPS) is 11.8. The molecule has 1 atom stereocenters. The third-order valence-corrected chi connectivity index (χ3v) is 4.28. The molecule has 0 fully saturated rings. The van der Waals surface area contributed by atoms with Gasteiger partial charge in [-0.1, -0.05) is 42.5 Å². The van der Waals surface area contributed by atoms with Gasteiger partial charge in [-0.2, -0.15) is 0 Å². The molecular weight excluding hydrogens is 414 g/mol.